The molecule has 4 aliphatic rings. The predicted molar refractivity (Wildman–Crippen MR) is 258 cm³/mol. The van der Waals surface area contributed by atoms with Crippen LogP contribution in [0.25, 0.3) is 0 Å². The molecule has 2 saturated carbocycles. The molecule has 0 aromatic heterocycles. The van der Waals surface area contributed by atoms with E-state index < -0.39 is 0 Å². The molecule has 8 rings (SSSR count). The Bertz CT molecular complexity index is 2250. The van der Waals surface area contributed by atoms with Crippen LogP contribution in [0.3, 0.4) is 0 Å². The summed E-state index contributed by atoms with van der Waals surface area (Å²) in [7, 11) is 1.39. The Morgan fingerprint density at radius 3 is 1.28 bits per heavy atom. The lowest BCUT2D eigenvalue weighted by molar-refractivity contribution is 0.0598. The maximum absolute atomic E-state index is 13.4. The summed E-state index contributed by atoms with van der Waals surface area (Å²) in [5.74, 6) is 14.3. The fourth-order valence-electron chi connectivity index (χ4n) is 9.17. The summed E-state index contributed by atoms with van der Waals surface area (Å²) in [6.45, 7) is 8.75. The second-order valence-electron chi connectivity index (χ2n) is 17.3. The third-order valence-corrected chi connectivity index (χ3v) is 13.2. The summed E-state index contributed by atoms with van der Waals surface area (Å²) in [5, 5.41) is 25.5. The summed E-state index contributed by atoms with van der Waals surface area (Å²) in [6, 6.07) is 27.4. The molecule has 2 aliphatic carbocycles. The number of aliphatic hydroxyl groups is 1. The number of nitrogen functional groups attached to an aromatic ring is 1. The predicted octanol–water partition coefficient (Wildman–Crippen LogP) is 7.24. The van der Waals surface area contributed by atoms with Crippen LogP contribution < -0.4 is 23.0 Å². The van der Waals surface area contributed by atoms with Crippen molar-refractivity contribution in [3.63, 3.8) is 0 Å². The number of carbonyl (C=O) groups is 4. The van der Waals surface area contributed by atoms with E-state index in [4.69, 9.17) is 26.2 Å². The van der Waals surface area contributed by atoms with Crippen LogP contribution in [0, 0.1) is 22.7 Å². The fourth-order valence-corrected chi connectivity index (χ4v) is 9.17. The van der Waals surface area contributed by atoms with Gasteiger partial charge in [-0.2, -0.15) is 10.5 Å². The minimum absolute atomic E-state index is 0.00243. The number of piperidine rings is 2. The summed E-state index contributed by atoms with van der Waals surface area (Å²) in [5.41, 5.74) is 12.4. The molecule has 4 fully saturated rings. The van der Waals surface area contributed by atoms with Crippen LogP contribution in [-0.2, 0) is 17.6 Å². The molecule has 0 unspecified atom stereocenters. The topological polar surface area (TPSA) is 242 Å². The number of nitriles is 2. The van der Waals surface area contributed by atoms with Crippen LogP contribution in [-0.4, -0.2) is 78.5 Å². The number of likely N-dealkylation sites (tertiary alicyclic amines) is 2. The van der Waals surface area contributed by atoms with Gasteiger partial charge in [-0.05, 0) is 165 Å². The molecule has 2 saturated heterocycles. The molecular weight excluding hydrogens is 845 g/mol. The highest BCUT2D eigenvalue weighted by atomic mass is 16.5. The van der Waals surface area contributed by atoms with Crippen LogP contribution >= 0.6 is 0 Å². The number of aliphatic hydroxyl groups excluding tert-OH is 1. The quantitative estimate of drug-likeness (QED) is 0.0460. The Labute approximate surface area is 395 Å². The highest BCUT2D eigenvalue weighted by molar-refractivity contribution is 6.02. The van der Waals surface area contributed by atoms with E-state index in [2.05, 4.69) is 42.2 Å². The highest BCUT2D eigenvalue weighted by Gasteiger charge is 2.34. The van der Waals surface area contributed by atoms with Gasteiger partial charge in [0.15, 0.2) is 0 Å². The molecule has 2 heterocycles. The van der Waals surface area contributed by atoms with Gasteiger partial charge in [0, 0.05) is 49.5 Å². The van der Waals surface area contributed by atoms with Crippen LogP contribution in [0.5, 0.6) is 0 Å². The number of nitrogens with one attached hydrogen (secondary N) is 1. The zero-order valence-corrected chi connectivity index (χ0v) is 39.4. The minimum atomic E-state index is -0.363. The number of aryl methyl sites for hydroxylation is 2. The van der Waals surface area contributed by atoms with Gasteiger partial charge in [0.1, 0.15) is 0 Å². The Hall–Kier alpha value is -6.42. The molecular formula is C53H66N8O6. The molecule has 14 heteroatoms. The van der Waals surface area contributed by atoms with Crippen molar-refractivity contribution in [2.24, 2.45) is 17.5 Å². The average Bonchev–Trinajstić information content (AvgIpc) is 4.34. The van der Waals surface area contributed by atoms with E-state index in [1.54, 1.807) is 19.1 Å². The standard InChI is InChI=1S/C26H28N2O3.C25H28N4O2.C2H6O.H4N2/c1-3-18-14-22(21-8-9-21)24(26(30)31-2)15-23(18)25(29)28-12-10-20(11-13-28)19-6-4-17(16-27)5-7-19;1-2-17-13-21(20-7-8-20)23(24(30)28-27)14-22(17)25(31)29-11-9-19(10-12-29)18-5-3-16(15-26)4-6-18;1-2-3;1-2/h4-7,14-15,20-21H,3,8-13H2,1-2H3;3-6,13-14,19-20H,2,7-12,27H2,1H3,(H,28,30);3H,2H2,1H3;1-2H2. The first-order chi connectivity index (χ1) is 32.5. The van der Waals surface area contributed by atoms with E-state index in [1.807, 2.05) is 71.3 Å². The summed E-state index contributed by atoms with van der Waals surface area (Å²) in [4.78, 5) is 55.4. The minimum Gasteiger partial charge on any atom is -0.465 e. The van der Waals surface area contributed by atoms with Crippen molar-refractivity contribution >= 4 is 23.7 Å². The molecule has 8 N–H and O–H groups in total. The molecule has 4 aromatic carbocycles. The van der Waals surface area contributed by atoms with E-state index in [-0.39, 0.29) is 30.3 Å². The lowest BCUT2D eigenvalue weighted by Gasteiger charge is -2.33. The maximum atomic E-state index is 13.4. The number of methoxy groups -OCH3 is 1. The third-order valence-electron chi connectivity index (χ3n) is 13.2. The average molecular weight is 911 g/mol. The summed E-state index contributed by atoms with van der Waals surface area (Å²) in [6.07, 6.45) is 9.37. The first-order valence-electron chi connectivity index (χ1n) is 23.5. The molecule has 3 amide bonds. The SMILES string of the molecule is CCO.CCc1cc(C2CC2)c(C(=O)NN)cc1C(=O)N1CCC(c2ccc(C#N)cc2)CC1.CCc1cc(C2CC2)c(C(=O)OC)cc1C(=O)N1CCC(c2ccc(C#N)cc2)CC1.NN. The van der Waals surface area contributed by atoms with Crippen LogP contribution in [0.15, 0.2) is 72.8 Å². The van der Waals surface area contributed by atoms with Gasteiger partial charge in [0.05, 0.1) is 35.9 Å². The van der Waals surface area contributed by atoms with Gasteiger partial charge >= 0.3 is 5.97 Å². The zero-order valence-electron chi connectivity index (χ0n) is 39.4. The number of ether oxygens (including phenoxy) is 1. The summed E-state index contributed by atoms with van der Waals surface area (Å²) >= 11 is 0. The smallest absolute Gasteiger partial charge is 0.338 e. The van der Waals surface area contributed by atoms with Gasteiger partial charge in [0.2, 0.25) is 0 Å². The van der Waals surface area contributed by atoms with Crippen LogP contribution in [0.2, 0.25) is 0 Å². The zero-order chi connectivity index (χ0) is 48.6. The Morgan fingerprint density at radius 2 is 0.970 bits per heavy atom. The highest BCUT2D eigenvalue weighted by Crippen LogP contribution is 2.44. The number of benzene rings is 4. The van der Waals surface area contributed by atoms with Crippen LogP contribution in [0.1, 0.15) is 182 Å². The number of hydrogen-bond acceptors (Lipinski definition) is 11. The number of hydrogen-bond donors (Lipinski definition) is 5. The number of nitrogens with two attached hydrogens (primary N) is 3. The first kappa shape index (κ1) is 51.6. The second kappa shape index (κ2) is 24.9. The van der Waals surface area contributed by atoms with Crippen molar-refractivity contribution < 1.29 is 29.0 Å². The number of esters is 1. The van der Waals surface area contributed by atoms with Gasteiger partial charge in [-0.15, -0.1) is 0 Å². The number of hydrazine groups is 2. The Morgan fingerprint density at radius 1 is 0.612 bits per heavy atom. The van der Waals surface area contributed by atoms with Crippen LogP contribution in [0.4, 0.5) is 0 Å². The number of amides is 3. The fraction of sp³-hybridized carbons (Fsp3) is 0.434. The van der Waals surface area contributed by atoms with Gasteiger partial charge in [-0.1, -0.05) is 50.2 Å². The summed E-state index contributed by atoms with van der Waals surface area (Å²) < 4.78 is 5.00. The molecule has 0 bridgehead atoms. The van der Waals surface area contributed by atoms with Gasteiger partial charge in [-0.25, -0.2) is 10.6 Å². The lowest BCUT2D eigenvalue weighted by Crippen LogP contribution is -2.38. The molecule has 14 nitrogen and oxygen atoms in total. The monoisotopic (exact) mass is 911 g/mol. The van der Waals surface area contributed by atoms with E-state index in [0.717, 1.165) is 86.5 Å². The number of nitrogens with zero attached hydrogens (tertiary/aromatic N) is 4. The van der Waals surface area contributed by atoms with Crippen molar-refractivity contribution in [2.45, 2.75) is 109 Å². The Balaban J connectivity index is 0.000000229. The molecule has 67 heavy (non-hydrogen) atoms. The largest absolute Gasteiger partial charge is 0.465 e. The van der Waals surface area contributed by atoms with E-state index in [0.29, 0.717) is 83.2 Å². The second-order valence-corrected chi connectivity index (χ2v) is 17.3. The molecule has 4 aromatic rings. The van der Waals surface area contributed by atoms with E-state index in [9.17, 15) is 19.2 Å². The van der Waals surface area contributed by atoms with Crippen molar-refractivity contribution in [2.75, 3.05) is 39.9 Å². The van der Waals surface area contributed by atoms with Crippen molar-refractivity contribution in [3.05, 3.63) is 140 Å². The van der Waals surface area contributed by atoms with Gasteiger partial charge < -0.3 is 19.6 Å². The first-order valence-corrected chi connectivity index (χ1v) is 23.5. The normalized spacial score (nSPS) is 15.7. The molecule has 0 radical (unpaired) electrons. The van der Waals surface area contributed by atoms with Crippen molar-refractivity contribution in [1.82, 2.24) is 15.2 Å². The molecule has 354 valence electrons. The molecule has 2 aliphatic heterocycles. The van der Waals surface area contributed by atoms with Gasteiger partial charge in [0.25, 0.3) is 17.7 Å². The number of rotatable bonds is 10. The van der Waals surface area contributed by atoms with Crippen molar-refractivity contribution in [3.8, 4) is 12.1 Å². The number of carbonyl (C=O) groups excluding carboxylic acids is 4. The Kier molecular flexibility index (Phi) is 19.2. The molecule has 0 atom stereocenters. The van der Waals surface area contributed by atoms with Gasteiger partial charge in [-0.3, -0.25) is 31.5 Å². The van der Waals surface area contributed by atoms with E-state index in [1.165, 1.54) is 18.2 Å². The van der Waals surface area contributed by atoms with Crippen molar-refractivity contribution in [1.29, 1.82) is 10.5 Å². The third kappa shape index (κ3) is 12.9. The molecule has 0 spiro atoms. The van der Waals surface area contributed by atoms with E-state index >= 15 is 0 Å². The maximum Gasteiger partial charge on any atom is 0.338 e. The lowest BCUT2D eigenvalue weighted by atomic mass is 9.88.